The Hall–Kier alpha value is -2.87. The minimum absolute atomic E-state index is 0.136. The van der Waals surface area contributed by atoms with Crippen molar-refractivity contribution in [1.29, 1.82) is 0 Å². The average Bonchev–Trinajstić information content (AvgIpc) is 3.39. The van der Waals surface area contributed by atoms with Crippen molar-refractivity contribution in [2.24, 2.45) is 5.10 Å². The van der Waals surface area contributed by atoms with Crippen LogP contribution in [0.2, 0.25) is 5.15 Å². The van der Waals surface area contributed by atoms with Gasteiger partial charge in [0.1, 0.15) is 0 Å². The summed E-state index contributed by atoms with van der Waals surface area (Å²) in [4.78, 5) is 4.07. The van der Waals surface area contributed by atoms with Crippen LogP contribution in [0.5, 0.6) is 0 Å². The minimum Gasteiger partial charge on any atom is -0.390 e. The Morgan fingerprint density at radius 2 is 1.83 bits per heavy atom. The number of hydrogen-bond donors (Lipinski definition) is 3. The lowest BCUT2D eigenvalue weighted by Crippen LogP contribution is -2.42. The van der Waals surface area contributed by atoms with E-state index in [-0.39, 0.29) is 6.61 Å². The van der Waals surface area contributed by atoms with Crippen molar-refractivity contribution >= 4 is 17.4 Å². The van der Waals surface area contributed by atoms with Gasteiger partial charge in [-0.15, -0.1) is 10.2 Å². The molecule has 0 aliphatic carbocycles. The normalized spacial score (nSPS) is 13.8. The average molecular weight is 425 g/mol. The third-order valence-corrected chi connectivity index (χ3v) is 5.42. The fraction of sp³-hybridized carbons (Fsp3) is 0.273. The molecule has 2 heterocycles. The van der Waals surface area contributed by atoms with E-state index in [1.54, 1.807) is 6.33 Å². The number of hydrazone groups is 1. The third kappa shape index (κ3) is 4.33. The lowest BCUT2D eigenvalue weighted by atomic mass is 9.98. The van der Waals surface area contributed by atoms with Crippen LogP contribution in [0.1, 0.15) is 36.6 Å². The molecule has 0 saturated carbocycles. The summed E-state index contributed by atoms with van der Waals surface area (Å²) in [5, 5.41) is 16.2. The van der Waals surface area contributed by atoms with Crippen molar-refractivity contribution in [1.82, 2.24) is 25.6 Å². The lowest BCUT2D eigenvalue weighted by Gasteiger charge is -2.16. The smallest absolute Gasteiger partial charge is 0.171 e. The third-order valence-electron chi connectivity index (χ3n) is 5.10. The van der Waals surface area contributed by atoms with Crippen molar-refractivity contribution in [3.8, 4) is 11.1 Å². The van der Waals surface area contributed by atoms with Crippen LogP contribution in [-0.2, 0) is 13.2 Å². The molecule has 0 radical (unpaired) electrons. The molecule has 8 heteroatoms. The van der Waals surface area contributed by atoms with E-state index in [9.17, 15) is 5.11 Å². The van der Waals surface area contributed by atoms with Gasteiger partial charge < -0.3 is 9.67 Å². The molecule has 1 aliphatic heterocycles. The van der Waals surface area contributed by atoms with E-state index in [0.29, 0.717) is 17.4 Å². The van der Waals surface area contributed by atoms with Crippen LogP contribution >= 0.6 is 11.6 Å². The van der Waals surface area contributed by atoms with Gasteiger partial charge in [-0.3, -0.25) is 5.43 Å². The Balaban J connectivity index is 1.53. The molecule has 7 nitrogen and oxygen atoms in total. The first-order valence-electron chi connectivity index (χ1n) is 10.1. The fourth-order valence-electron chi connectivity index (χ4n) is 3.43. The predicted molar refractivity (Wildman–Crippen MR) is 119 cm³/mol. The number of aromatic nitrogens is 2. The summed E-state index contributed by atoms with van der Waals surface area (Å²) in [6.45, 7) is 3.52. The van der Waals surface area contributed by atoms with Gasteiger partial charge in [-0.25, -0.2) is 10.5 Å². The summed E-state index contributed by atoms with van der Waals surface area (Å²) >= 11 is 6.02. The van der Waals surface area contributed by atoms with Gasteiger partial charge in [-0.05, 0) is 23.1 Å². The molecule has 156 valence electrons. The first-order valence-corrected chi connectivity index (χ1v) is 10.4. The highest BCUT2D eigenvalue weighted by atomic mass is 35.5. The van der Waals surface area contributed by atoms with E-state index < -0.39 is 0 Å². The summed E-state index contributed by atoms with van der Waals surface area (Å²) in [6.07, 6.45) is 3.87. The van der Waals surface area contributed by atoms with Gasteiger partial charge in [0, 0.05) is 18.7 Å². The van der Waals surface area contributed by atoms with Crippen molar-refractivity contribution < 1.29 is 5.11 Å². The highest BCUT2D eigenvalue weighted by Crippen LogP contribution is 2.25. The summed E-state index contributed by atoms with van der Waals surface area (Å²) in [7, 11) is 0. The number of aliphatic hydroxyl groups excluding tert-OH is 1. The molecule has 0 saturated heterocycles. The molecule has 0 amide bonds. The number of imidazole rings is 1. The van der Waals surface area contributed by atoms with Crippen molar-refractivity contribution in [2.75, 3.05) is 6.54 Å². The molecule has 0 fully saturated rings. The maximum atomic E-state index is 9.49. The number of hydrazine groups is 2. The molecule has 0 unspecified atom stereocenters. The number of benzene rings is 2. The van der Waals surface area contributed by atoms with Crippen LogP contribution in [0.15, 0.2) is 60.0 Å². The molecule has 0 bridgehead atoms. The maximum Gasteiger partial charge on any atom is 0.171 e. The lowest BCUT2D eigenvalue weighted by molar-refractivity contribution is 0.177. The monoisotopic (exact) mass is 424 g/mol. The molecule has 1 aliphatic rings. The standard InChI is InChI=1S/C22H25ClN6O/c1-2-3-12-29-26-22(25-27-29)19-7-5-4-6-18(19)17-10-8-16(9-11-17)13-28-15-24-21(23)20(28)14-30/h4-11,15,27,30H,2-3,12-14H2,1H3,(H,25,26). The second-order valence-corrected chi connectivity index (χ2v) is 7.55. The number of hydrogen-bond acceptors (Lipinski definition) is 6. The number of unbranched alkanes of at least 4 members (excludes halogenated alkanes) is 1. The van der Waals surface area contributed by atoms with E-state index in [1.165, 1.54) is 0 Å². The summed E-state index contributed by atoms with van der Waals surface area (Å²) in [5.74, 6) is 0.812. The zero-order chi connectivity index (χ0) is 20.9. The van der Waals surface area contributed by atoms with Crippen LogP contribution in [0.25, 0.3) is 11.1 Å². The van der Waals surface area contributed by atoms with Crippen LogP contribution in [-0.4, -0.2) is 32.2 Å². The Morgan fingerprint density at radius 1 is 1.07 bits per heavy atom. The van der Waals surface area contributed by atoms with Gasteiger partial charge in [-0.2, -0.15) is 0 Å². The fourth-order valence-corrected chi connectivity index (χ4v) is 3.65. The first kappa shape index (κ1) is 20.4. The second kappa shape index (κ2) is 9.30. The molecular weight excluding hydrogens is 400 g/mol. The Labute approximate surface area is 180 Å². The molecule has 0 atom stereocenters. The Bertz CT molecular complexity index is 1030. The van der Waals surface area contributed by atoms with E-state index in [1.807, 2.05) is 21.8 Å². The van der Waals surface area contributed by atoms with E-state index in [0.717, 1.165) is 47.5 Å². The highest BCUT2D eigenvalue weighted by Gasteiger charge is 2.18. The van der Waals surface area contributed by atoms with Crippen molar-refractivity contribution in [2.45, 2.75) is 32.9 Å². The minimum atomic E-state index is -0.136. The number of amidine groups is 1. The highest BCUT2D eigenvalue weighted by molar-refractivity contribution is 6.30. The predicted octanol–water partition coefficient (Wildman–Crippen LogP) is 3.53. The van der Waals surface area contributed by atoms with E-state index >= 15 is 0 Å². The molecule has 3 N–H and O–H groups in total. The van der Waals surface area contributed by atoms with Gasteiger partial charge in [0.2, 0.25) is 0 Å². The molecule has 0 spiro atoms. The van der Waals surface area contributed by atoms with Gasteiger partial charge in [-0.1, -0.05) is 73.5 Å². The van der Waals surface area contributed by atoms with Crippen LogP contribution in [0.4, 0.5) is 0 Å². The number of nitrogens with one attached hydrogen (secondary N) is 2. The summed E-state index contributed by atoms with van der Waals surface area (Å²) < 4.78 is 1.86. The maximum absolute atomic E-state index is 9.49. The Kier molecular flexibility index (Phi) is 6.32. The first-order chi connectivity index (χ1) is 14.7. The number of nitrogens with zero attached hydrogens (tertiary/aromatic N) is 4. The SMILES string of the molecule is CCCCN1NN=C(c2ccccc2-c2ccc(Cn3cnc(Cl)c3CO)cc2)N1. The van der Waals surface area contributed by atoms with Crippen LogP contribution < -0.4 is 11.0 Å². The van der Waals surface area contributed by atoms with E-state index in [2.05, 4.69) is 64.4 Å². The van der Waals surface area contributed by atoms with Crippen LogP contribution in [0, 0.1) is 0 Å². The molecule has 4 rings (SSSR count). The molecular formula is C22H25ClN6O. The molecule has 2 aromatic carbocycles. The molecule has 30 heavy (non-hydrogen) atoms. The molecule has 3 aromatic rings. The number of rotatable bonds is 8. The largest absolute Gasteiger partial charge is 0.390 e. The van der Waals surface area contributed by atoms with Gasteiger partial charge >= 0.3 is 0 Å². The number of aliphatic hydroxyl groups is 1. The summed E-state index contributed by atoms with van der Waals surface area (Å²) in [6, 6.07) is 16.6. The summed E-state index contributed by atoms with van der Waals surface area (Å²) in [5.41, 5.74) is 11.4. The zero-order valence-corrected chi connectivity index (χ0v) is 17.6. The Morgan fingerprint density at radius 3 is 2.57 bits per heavy atom. The van der Waals surface area contributed by atoms with Gasteiger partial charge in [0.05, 0.1) is 18.6 Å². The van der Waals surface area contributed by atoms with E-state index in [4.69, 9.17) is 11.6 Å². The zero-order valence-electron chi connectivity index (χ0n) is 16.8. The van der Waals surface area contributed by atoms with Crippen molar-refractivity contribution in [3.63, 3.8) is 0 Å². The van der Waals surface area contributed by atoms with Gasteiger partial charge in [0.15, 0.2) is 11.0 Å². The quantitative estimate of drug-likeness (QED) is 0.515. The van der Waals surface area contributed by atoms with Crippen molar-refractivity contribution in [3.05, 3.63) is 76.8 Å². The van der Waals surface area contributed by atoms with Gasteiger partial charge in [0.25, 0.3) is 0 Å². The van der Waals surface area contributed by atoms with Crippen LogP contribution in [0.3, 0.4) is 0 Å². The molecule has 1 aromatic heterocycles. The topological polar surface area (TPSA) is 77.7 Å². The second-order valence-electron chi connectivity index (χ2n) is 7.19. The number of halogens is 1.